The van der Waals surface area contributed by atoms with Crippen molar-refractivity contribution in [1.82, 2.24) is 20.2 Å². The fourth-order valence-corrected chi connectivity index (χ4v) is 3.70. The summed E-state index contributed by atoms with van der Waals surface area (Å²) < 4.78 is 5.49. The molecule has 1 fully saturated rings. The third kappa shape index (κ3) is 4.79. The Morgan fingerprint density at radius 3 is 2.43 bits per heavy atom. The van der Waals surface area contributed by atoms with E-state index in [4.69, 9.17) is 14.7 Å². The van der Waals surface area contributed by atoms with Crippen molar-refractivity contribution in [3.8, 4) is 11.4 Å². The number of aromatic amines is 1. The molecule has 3 aromatic rings. The van der Waals surface area contributed by atoms with Crippen LogP contribution in [-0.4, -0.2) is 39.4 Å². The Bertz CT molecular complexity index is 1000. The number of rotatable bonds is 5. The Hall–Kier alpha value is -2.93. The van der Waals surface area contributed by atoms with Gasteiger partial charge in [-0.2, -0.15) is 5.10 Å². The minimum absolute atomic E-state index is 0.0169. The zero-order valence-corrected chi connectivity index (χ0v) is 18.1. The number of anilines is 3. The van der Waals surface area contributed by atoms with Crippen molar-refractivity contribution < 1.29 is 4.74 Å². The highest BCUT2D eigenvalue weighted by Crippen LogP contribution is 2.33. The third-order valence-electron chi connectivity index (χ3n) is 5.24. The molecule has 0 bridgehead atoms. The molecule has 0 spiro atoms. The zero-order chi connectivity index (χ0) is 21.1. The number of H-pyrrole nitrogens is 1. The Kier molecular flexibility index (Phi) is 5.72. The molecule has 1 aliphatic heterocycles. The van der Waals surface area contributed by atoms with Crippen LogP contribution in [0.1, 0.15) is 44.9 Å². The van der Waals surface area contributed by atoms with Crippen LogP contribution in [-0.2, 0) is 10.2 Å². The van der Waals surface area contributed by atoms with E-state index in [-0.39, 0.29) is 5.41 Å². The standard InChI is InChI=1S/C23H30N6O/c1-15-13-21(29-28-15)25-20-14-19(24-16-9-11-30-12-10-16)26-22(27-20)17-7-5-6-8-18(17)23(2,3)4/h5-8,13-14,16H,9-12H2,1-4H3,(H3,24,25,26,27,28,29). The molecule has 1 aromatic carbocycles. The van der Waals surface area contributed by atoms with Gasteiger partial charge in [-0.1, -0.05) is 45.0 Å². The van der Waals surface area contributed by atoms with Gasteiger partial charge in [0.2, 0.25) is 0 Å². The van der Waals surface area contributed by atoms with E-state index >= 15 is 0 Å². The van der Waals surface area contributed by atoms with Gasteiger partial charge in [-0.15, -0.1) is 0 Å². The second kappa shape index (κ2) is 8.44. The molecular formula is C23H30N6O. The summed E-state index contributed by atoms with van der Waals surface area (Å²) >= 11 is 0. The highest BCUT2D eigenvalue weighted by Gasteiger charge is 2.21. The van der Waals surface area contributed by atoms with Gasteiger partial charge < -0.3 is 15.4 Å². The Morgan fingerprint density at radius 1 is 1.00 bits per heavy atom. The summed E-state index contributed by atoms with van der Waals surface area (Å²) in [6.45, 7) is 10.2. The predicted molar refractivity (Wildman–Crippen MR) is 120 cm³/mol. The first-order valence-corrected chi connectivity index (χ1v) is 10.5. The number of hydrogen-bond donors (Lipinski definition) is 3. The first-order chi connectivity index (χ1) is 14.4. The maximum Gasteiger partial charge on any atom is 0.164 e. The van der Waals surface area contributed by atoms with Crippen LogP contribution in [0.3, 0.4) is 0 Å². The summed E-state index contributed by atoms with van der Waals surface area (Å²) in [5.41, 5.74) is 3.24. The van der Waals surface area contributed by atoms with Gasteiger partial charge in [0.25, 0.3) is 0 Å². The number of benzene rings is 1. The molecule has 7 nitrogen and oxygen atoms in total. The molecule has 0 aliphatic carbocycles. The lowest BCUT2D eigenvalue weighted by atomic mass is 9.83. The highest BCUT2D eigenvalue weighted by atomic mass is 16.5. The van der Waals surface area contributed by atoms with Gasteiger partial charge in [0.15, 0.2) is 11.6 Å². The largest absolute Gasteiger partial charge is 0.381 e. The van der Waals surface area contributed by atoms with Crippen LogP contribution in [0.2, 0.25) is 0 Å². The van der Waals surface area contributed by atoms with Crippen molar-refractivity contribution in [2.24, 2.45) is 0 Å². The molecule has 1 aliphatic rings. The Morgan fingerprint density at radius 2 is 1.73 bits per heavy atom. The fourth-order valence-electron chi connectivity index (χ4n) is 3.70. The lowest BCUT2D eigenvalue weighted by Crippen LogP contribution is -2.28. The molecule has 0 amide bonds. The van der Waals surface area contributed by atoms with Crippen molar-refractivity contribution in [1.29, 1.82) is 0 Å². The van der Waals surface area contributed by atoms with Gasteiger partial charge in [-0.25, -0.2) is 9.97 Å². The molecule has 0 saturated carbocycles. The molecular weight excluding hydrogens is 376 g/mol. The van der Waals surface area contributed by atoms with Gasteiger partial charge in [0.1, 0.15) is 11.6 Å². The normalized spacial score (nSPS) is 15.2. The average Bonchev–Trinajstić information content (AvgIpc) is 3.12. The second-order valence-electron chi connectivity index (χ2n) is 8.85. The topological polar surface area (TPSA) is 87.8 Å². The lowest BCUT2D eigenvalue weighted by Gasteiger charge is -2.25. The maximum absolute atomic E-state index is 5.49. The van der Waals surface area contributed by atoms with E-state index in [2.05, 4.69) is 59.8 Å². The van der Waals surface area contributed by atoms with Crippen LogP contribution >= 0.6 is 0 Å². The number of ether oxygens (including phenoxy) is 1. The lowest BCUT2D eigenvalue weighted by molar-refractivity contribution is 0.0904. The molecule has 3 heterocycles. The molecule has 30 heavy (non-hydrogen) atoms. The van der Waals surface area contributed by atoms with Crippen molar-refractivity contribution in [3.63, 3.8) is 0 Å². The van der Waals surface area contributed by atoms with Crippen LogP contribution in [0.5, 0.6) is 0 Å². The van der Waals surface area contributed by atoms with Gasteiger partial charge in [-0.05, 0) is 30.7 Å². The summed E-state index contributed by atoms with van der Waals surface area (Å²) in [6.07, 6.45) is 1.94. The van der Waals surface area contributed by atoms with Gasteiger partial charge >= 0.3 is 0 Å². The Balaban J connectivity index is 1.73. The van der Waals surface area contributed by atoms with Crippen molar-refractivity contribution in [2.75, 3.05) is 23.8 Å². The average molecular weight is 407 g/mol. The Labute approximate surface area is 177 Å². The molecule has 7 heteroatoms. The van der Waals surface area contributed by atoms with E-state index in [9.17, 15) is 0 Å². The van der Waals surface area contributed by atoms with Crippen LogP contribution in [0, 0.1) is 6.92 Å². The number of hydrogen-bond acceptors (Lipinski definition) is 6. The van der Waals surface area contributed by atoms with E-state index in [1.165, 1.54) is 5.56 Å². The van der Waals surface area contributed by atoms with Crippen molar-refractivity contribution in [3.05, 3.63) is 47.7 Å². The third-order valence-corrected chi connectivity index (χ3v) is 5.24. The molecule has 4 rings (SSSR count). The van der Waals surface area contributed by atoms with Crippen molar-refractivity contribution >= 4 is 17.5 Å². The monoisotopic (exact) mass is 406 g/mol. The molecule has 0 radical (unpaired) electrons. The molecule has 158 valence electrons. The van der Waals surface area contributed by atoms with Gasteiger partial charge in [0.05, 0.1) is 0 Å². The number of aryl methyl sites for hydroxylation is 1. The van der Waals surface area contributed by atoms with Gasteiger partial charge in [-0.3, -0.25) is 5.10 Å². The second-order valence-corrected chi connectivity index (χ2v) is 8.85. The molecule has 0 unspecified atom stereocenters. The summed E-state index contributed by atoms with van der Waals surface area (Å²) in [6, 6.07) is 12.6. The number of nitrogens with one attached hydrogen (secondary N) is 3. The van der Waals surface area contributed by atoms with Crippen LogP contribution in [0.25, 0.3) is 11.4 Å². The fraction of sp³-hybridized carbons (Fsp3) is 0.435. The molecule has 2 aromatic heterocycles. The maximum atomic E-state index is 5.49. The highest BCUT2D eigenvalue weighted by molar-refractivity contribution is 5.67. The quantitative estimate of drug-likeness (QED) is 0.564. The summed E-state index contributed by atoms with van der Waals surface area (Å²) in [4.78, 5) is 9.72. The van der Waals surface area contributed by atoms with Gasteiger partial charge in [0, 0.05) is 42.6 Å². The van der Waals surface area contributed by atoms with E-state index in [1.807, 2.05) is 25.1 Å². The van der Waals surface area contributed by atoms with Crippen LogP contribution < -0.4 is 10.6 Å². The SMILES string of the molecule is Cc1cc(Nc2cc(NC3CCOCC3)nc(-c3ccccc3C(C)(C)C)n2)n[nH]1. The number of nitrogens with zero attached hydrogens (tertiary/aromatic N) is 3. The molecule has 1 saturated heterocycles. The summed E-state index contributed by atoms with van der Waals surface area (Å²) in [5.74, 6) is 2.96. The van der Waals surface area contributed by atoms with E-state index in [1.54, 1.807) is 0 Å². The van der Waals surface area contributed by atoms with Crippen molar-refractivity contribution in [2.45, 2.75) is 52.0 Å². The predicted octanol–water partition coefficient (Wildman–Crippen LogP) is 4.81. The van der Waals surface area contributed by atoms with E-state index in [0.717, 1.165) is 48.9 Å². The summed E-state index contributed by atoms with van der Waals surface area (Å²) in [7, 11) is 0. The molecule has 3 N–H and O–H groups in total. The smallest absolute Gasteiger partial charge is 0.164 e. The minimum atomic E-state index is -0.0169. The first-order valence-electron chi connectivity index (χ1n) is 10.5. The molecule has 0 atom stereocenters. The van der Waals surface area contributed by atoms with Crippen LogP contribution in [0.4, 0.5) is 17.5 Å². The number of aromatic nitrogens is 4. The van der Waals surface area contributed by atoms with E-state index < -0.39 is 0 Å². The summed E-state index contributed by atoms with van der Waals surface area (Å²) in [5, 5.41) is 14.1. The minimum Gasteiger partial charge on any atom is -0.381 e. The zero-order valence-electron chi connectivity index (χ0n) is 18.1. The van der Waals surface area contributed by atoms with E-state index in [0.29, 0.717) is 17.7 Å². The van der Waals surface area contributed by atoms with Crippen LogP contribution in [0.15, 0.2) is 36.4 Å². The first kappa shape index (κ1) is 20.3.